The first kappa shape index (κ1) is 17.0. The van der Waals surface area contributed by atoms with Crippen molar-refractivity contribution in [2.24, 2.45) is 0 Å². The zero-order valence-corrected chi connectivity index (χ0v) is 13.3. The molecule has 6 nitrogen and oxygen atoms in total. The maximum absolute atomic E-state index is 11.8. The molecule has 0 aliphatic heterocycles. The number of aliphatic hydroxyl groups excluding tert-OH is 1. The number of nitriles is 1. The van der Waals surface area contributed by atoms with E-state index in [0.717, 1.165) is 0 Å². The largest absolute Gasteiger partial charge is 0.386 e. The minimum absolute atomic E-state index is 0.0899. The van der Waals surface area contributed by atoms with Gasteiger partial charge in [0.1, 0.15) is 12.2 Å². The number of aliphatic hydroxyl groups is 1. The summed E-state index contributed by atoms with van der Waals surface area (Å²) in [6, 6.07) is 9.73. The van der Waals surface area contributed by atoms with Crippen molar-refractivity contribution in [1.29, 1.82) is 5.26 Å². The maximum Gasteiger partial charge on any atom is 0.313 e. The average molecular weight is 350 g/mol. The van der Waals surface area contributed by atoms with Gasteiger partial charge < -0.3 is 15.7 Å². The second-order valence-corrected chi connectivity index (χ2v) is 5.91. The highest BCUT2D eigenvalue weighted by Gasteiger charge is 2.17. The monoisotopic (exact) mass is 349 g/mol. The lowest BCUT2D eigenvalue weighted by molar-refractivity contribution is -0.136. The van der Waals surface area contributed by atoms with E-state index in [1.807, 2.05) is 6.07 Å². The smallest absolute Gasteiger partial charge is 0.313 e. The third-order valence-electron chi connectivity index (χ3n) is 2.88. The van der Waals surface area contributed by atoms with Crippen LogP contribution in [0.1, 0.15) is 16.5 Å². The number of amides is 2. The van der Waals surface area contributed by atoms with Crippen LogP contribution in [0.5, 0.6) is 0 Å². The van der Waals surface area contributed by atoms with Gasteiger partial charge in [0.25, 0.3) is 0 Å². The molecule has 0 aliphatic rings. The van der Waals surface area contributed by atoms with Crippen LogP contribution in [0.3, 0.4) is 0 Å². The molecule has 0 aliphatic carbocycles. The number of hydrogen-bond donors (Lipinski definition) is 3. The Labute approximate surface area is 141 Å². The number of thiophene rings is 1. The van der Waals surface area contributed by atoms with Crippen LogP contribution in [0.25, 0.3) is 0 Å². The van der Waals surface area contributed by atoms with Gasteiger partial charge in [-0.2, -0.15) is 5.26 Å². The second kappa shape index (κ2) is 7.74. The number of nitrogens with zero attached hydrogens (tertiary/aromatic N) is 1. The molecule has 1 heterocycles. The van der Waals surface area contributed by atoms with E-state index >= 15 is 0 Å². The molecular formula is C15H12ClN3O3S. The van der Waals surface area contributed by atoms with Crippen molar-refractivity contribution in [2.45, 2.75) is 6.10 Å². The molecule has 0 spiro atoms. The van der Waals surface area contributed by atoms with Gasteiger partial charge in [-0.3, -0.25) is 9.59 Å². The summed E-state index contributed by atoms with van der Waals surface area (Å²) >= 11 is 7.15. The molecule has 1 aromatic carbocycles. The SMILES string of the molecule is N#Cc1ccc(Cl)cc1NC(=O)C(=O)NC[C@@H](O)c1cccs1. The van der Waals surface area contributed by atoms with Crippen LogP contribution >= 0.6 is 22.9 Å². The predicted molar refractivity (Wildman–Crippen MR) is 87.1 cm³/mol. The van der Waals surface area contributed by atoms with E-state index in [4.69, 9.17) is 16.9 Å². The van der Waals surface area contributed by atoms with Crippen LogP contribution in [0.15, 0.2) is 35.7 Å². The Balaban J connectivity index is 1.94. The Kier molecular flexibility index (Phi) is 5.71. The van der Waals surface area contributed by atoms with Crippen molar-refractivity contribution in [1.82, 2.24) is 5.32 Å². The van der Waals surface area contributed by atoms with Crippen LogP contribution in [-0.4, -0.2) is 23.5 Å². The number of anilines is 1. The second-order valence-electron chi connectivity index (χ2n) is 4.50. The number of nitrogens with one attached hydrogen (secondary N) is 2. The fourth-order valence-electron chi connectivity index (χ4n) is 1.75. The molecule has 23 heavy (non-hydrogen) atoms. The standard InChI is InChI=1S/C15H12ClN3O3S/c16-10-4-3-9(7-17)11(6-10)19-15(22)14(21)18-8-12(20)13-2-1-5-23-13/h1-6,12,20H,8H2,(H,18,21)(H,19,22)/t12-/m1/s1. The molecule has 1 aromatic heterocycles. The number of benzene rings is 1. The number of hydrogen-bond acceptors (Lipinski definition) is 5. The highest BCUT2D eigenvalue weighted by Crippen LogP contribution is 2.20. The van der Waals surface area contributed by atoms with Crippen molar-refractivity contribution in [3.63, 3.8) is 0 Å². The molecule has 2 amide bonds. The third-order valence-corrected chi connectivity index (χ3v) is 4.09. The van der Waals surface area contributed by atoms with Crippen molar-refractivity contribution in [3.8, 4) is 6.07 Å². The predicted octanol–water partition coefficient (Wildman–Crippen LogP) is 2.06. The summed E-state index contributed by atoms with van der Waals surface area (Å²) in [5, 5.41) is 25.6. The van der Waals surface area contributed by atoms with Crippen molar-refractivity contribution in [3.05, 3.63) is 51.2 Å². The van der Waals surface area contributed by atoms with Gasteiger partial charge in [0, 0.05) is 16.4 Å². The van der Waals surface area contributed by atoms with Crippen LogP contribution in [0.2, 0.25) is 5.02 Å². The zero-order chi connectivity index (χ0) is 16.8. The molecule has 1 atom stereocenters. The van der Waals surface area contributed by atoms with E-state index < -0.39 is 17.9 Å². The highest BCUT2D eigenvalue weighted by atomic mass is 35.5. The van der Waals surface area contributed by atoms with Crippen LogP contribution < -0.4 is 10.6 Å². The summed E-state index contributed by atoms with van der Waals surface area (Å²) in [6.07, 6.45) is -0.882. The Hall–Kier alpha value is -2.40. The molecule has 0 saturated carbocycles. The van der Waals surface area contributed by atoms with E-state index in [1.54, 1.807) is 17.5 Å². The van der Waals surface area contributed by atoms with Gasteiger partial charge in [0.2, 0.25) is 0 Å². The molecular weight excluding hydrogens is 338 g/mol. The first-order valence-electron chi connectivity index (χ1n) is 6.51. The lowest BCUT2D eigenvalue weighted by Crippen LogP contribution is -2.37. The van der Waals surface area contributed by atoms with Crippen LogP contribution in [0.4, 0.5) is 5.69 Å². The molecule has 118 valence electrons. The molecule has 0 fully saturated rings. The fraction of sp³-hybridized carbons (Fsp3) is 0.133. The summed E-state index contributed by atoms with van der Waals surface area (Å²) in [5.41, 5.74) is 0.341. The van der Waals surface area contributed by atoms with Gasteiger partial charge in [-0.1, -0.05) is 17.7 Å². The van der Waals surface area contributed by atoms with Gasteiger partial charge in [0.15, 0.2) is 0 Å². The van der Waals surface area contributed by atoms with Gasteiger partial charge in [-0.05, 0) is 29.6 Å². The molecule has 2 aromatic rings. The van der Waals surface area contributed by atoms with E-state index in [-0.39, 0.29) is 17.8 Å². The Morgan fingerprint density at radius 3 is 2.78 bits per heavy atom. The van der Waals surface area contributed by atoms with Gasteiger partial charge >= 0.3 is 11.8 Å². The van der Waals surface area contributed by atoms with E-state index in [9.17, 15) is 14.7 Å². The average Bonchev–Trinajstić information content (AvgIpc) is 3.07. The Morgan fingerprint density at radius 2 is 2.13 bits per heavy atom. The number of halogens is 1. The van der Waals surface area contributed by atoms with Crippen LogP contribution in [0, 0.1) is 11.3 Å². The lowest BCUT2D eigenvalue weighted by atomic mass is 10.2. The molecule has 0 radical (unpaired) electrons. The minimum atomic E-state index is -0.942. The van der Waals surface area contributed by atoms with Gasteiger partial charge in [-0.25, -0.2) is 0 Å². The molecule has 3 N–H and O–H groups in total. The van der Waals surface area contributed by atoms with Crippen molar-refractivity contribution in [2.75, 3.05) is 11.9 Å². The van der Waals surface area contributed by atoms with E-state index in [1.165, 1.54) is 29.5 Å². The first-order chi connectivity index (χ1) is 11.0. The summed E-state index contributed by atoms with van der Waals surface area (Å²) in [5.74, 6) is -1.85. The normalized spacial score (nSPS) is 11.3. The molecule has 0 bridgehead atoms. The topological polar surface area (TPSA) is 102 Å². The Bertz CT molecular complexity index is 756. The quantitative estimate of drug-likeness (QED) is 0.735. The van der Waals surface area contributed by atoms with Crippen molar-refractivity contribution < 1.29 is 14.7 Å². The summed E-state index contributed by atoms with van der Waals surface area (Å²) in [7, 11) is 0. The van der Waals surface area contributed by atoms with Gasteiger partial charge in [-0.15, -0.1) is 11.3 Å². The summed E-state index contributed by atoms with van der Waals surface area (Å²) < 4.78 is 0. The van der Waals surface area contributed by atoms with Gasteiger partial charge in [0.05, 0.1) is 11.3 Å². The number of carbonyl (C=O) groups excluding carboxylic acids is 2. The molecule has 2 rings (SSSR count). The highest BCUT2D eigenvalue weighted by molar-refractivity contribution is 7.10. The lowest BCUT2D eigenvalue weighted by Gasteiger charge is -2.11. The first-order valence-corrected chi connectivity index (χ1v) is 7.77. The van der Waals surface area contributed by atoms with Crippen molar-refractivity contribution >= 4 is 40.4 Å². The fourth-order valence-corrected chi connectivity index (χ4v) is 2.63. The maximum atomic E-state index is 11.8. The molecule has 0 unspecified atom stereocenters. The summed E-state index contributed by atoms with van der Waals surface area (Å²) in [6.45, 7) is -0.0899. The summed E-state index contributed by atoms with van der Waals surface area (Å²) in [4.78, 5) is 24.3. The Morgan fingerprint density at radius 1 is 1.35 bits per heavy atom. The van der Waals surface area contributed by atoms with E-state index in [0.29, 0.717) is 9.90 Å². The third kappa shape index (κ3) is 4.53. The molecule has 8 heteroatoms. The molecule has 0 saturated heterocycles. The minimum Gasteiger partial charge on any atom is -0.386 e. The number of rotatable bonds is 4. The number of carbonyl (C=O) groups is 2. The van der Waals surface area contributed by atoms with Crippen LogP contribution in [-0.2, 0) is 9.59 Å². The van der Waals surface area contributed by atoms with E-state index in [2.05, 4.69) is 10.6 Å². The zero-order valence-electron chi connectivity index (χ0n) is 11.7.